The Morgan fingerprint density at radius 3 is 2.58 bits per heavy atom. The molecule has 2 aromatic carbocycles. The fraction of sp³-hybridized carbons (Fsp3) is 0.367. The van der Waals surface area contributed by atoms with Crippen LogP contribution < -0.4 is 5.32 Å². The van der Waals surface area contributed by atoms with Crippen LogP contribution in [0.2, 0.25) is 5.02 Å². The van der Waals surface area contributed by atoms with Crippen LogP contribution >= 0.6 is 11.6 Å². The molecule has 2 N–H and O–H groups in total. The van der Waals surface area contributed by atoms with Gasteiger partial charge < -0.3 is 15.6 Å². The van der Waals surface area contributed by atoms with Crippen molar-refractivity contribution in [2.45, 2.75) is 59.0 Å². The van der Waals surface area contributed by atoms with Crippen molar-refractivity contribution in [3.05, 3.63) is 81.4 Å². The molecule has 3 rings (SSSR count). The Hall–Kier alpha value is -3.76. The summed E-state index contributed by atoms with van der Waals surface area (Å²) in [5.41, 5.74) is 3.03. The number of aryl methyl sites for hydroxylation is 1. The monoisotopic (exact) mass is 532 g/mol. The van der Waals surface area contributed by atoms with Gasteiger partial charge in [0.25, 0.3) is 5.91 Å². The highest BCUT2D eigenvalue weighted by Gasteiger charge is 2.45. The van der Waals surface area contributed by atoms with E-state index in [-0.39, 0.29) is 30.4 Å². The summed E-state index contributed by atoms with van der Waals surface area (Å²) >= 11 is 6.21. The molecule has 2 atom stereocenters. The van der Waals surface area contributed by atoms with Crippen molar-refractivity contribution >= 4 is 35.4 Å². The van der Waals surface area contributed by atoms with Crippen molar-refractivity contribution in [2.24, 2.45) is 5.41 Å². The number of likely N-dealkylation sites (tertiary alicyclic amines) is 1. The quantitative estimate of drug-likeness (QED) is 0.257. The van der Waals surface area contributed by atoms with Crippen LogP contribution in [0.3, 0.4) is 0 Å². The molecule has 1 saturated heterocycles. The first-order valence-electron chi connectivity index (χ1n) is 12.5. The Kier molecular flexibility index (Phi) is 9.24. The number of carbonyl (C=O) groups excluding carboxylic acids is 3. The summed E-state index contributed by atoms with van der Waals surface area (Å²) < 4.78 is 0. The normalized spacial score (nSPS) is 17.6. The first kappa shape index (κ1) is 28.8. The van der Waals surface area contributed by atoms with Crippen molar-refractivity contribution in [3.63, 3.8) is 0 Å². The number of allylic oxidation sites excluding steroid dienone is 2. The fourth-order valence-corrected chi connectivity index (χ4v) is 5.19. The Morgan fingerprint density at radius 2 is 1.97 bits per heavy atom. The van der Waals surface area contributed by atoms with Gasteiger partial charge in [-0.2, -0.15) is 5.26 Å². The first-order chi connectivity index (χ1) is 18.0. The van der Waals surface area contributed by atoms with Gasteiger partial charge in [-0.15, -0.1) is 0 Å². The number of nitrogens with zero attached hydrogens (tertiary/aromatic N) is 2. The van der Waals surface area contributed by atoms with E-state index in [9.17, 15) is 19.6 Å². The van der Waals surface area contributed by atoms with Crippen LogP contribution in [-0.4, -0.2) is 41.3 Å². The number of hydrogen-bond acceptors (Lipinski definition) is 5. The molecule has 0 spiro atoms. The lowest BCUT2D eigenvalue weighted by Gasteiger charge is -2.36. The molecule has 1 aliphatic heterocycles. The lowest BCUT2D eigenvalue weighted by molar-refractivity contribution is -0.134. The number of halogens is 1. The van der Waals surface area contributed by atoms with Crippen molar-refractivity contribution in [1.82, 2.24) is 10.2 Å². The standard InChI is InChI=1S/C30H33ClN4O3/c1-19-12-24(9-8-22(19)14-21(17-36)13-20(2)33)29(38)34-16-28(37)35-26(23-6-5-7-25(31)15-23)10-11-27(35)30(3,4)18-32/h5-9,12-13,15,17,26-27,33H,10-11,14,16H2,1-4H3,(H,34,38)/b21-13-,33-20?. The molecular weight excluding hydrogens is 500 g/mol. The molecule has 0 aliphatic carbocycles. The summed E-state index contributed by atoms with van der Waals surface area (Å²) in [4.78, 5) is 39.5. The van der Waals surface area contributed by atoms with Crippen LogP contribution in [0.1, 0.15) is 66.7 Å². The van der Waals surface area contributed by atoms with Crippen molar-refractivity contribution in [2.75, 3.05) is 6.54 Å². The smallest absolute Gasteiger partial charge is 0.251 e. The topological polar surface area (TPSA) is 114 Å². The third-order valence-electron chi connectivity index (χ3n) is 6.98. The fourth-order valence-electron chi connectivity index (χ4n) is 4.99. The number of hydrogen-bond donors (Lipinski definition) is 2. The molecule has 7 nitrogen and oxygen atoms in total. The minimum absolute atomic E-state index is 0.203. The van der Waals surface area contributed by atoms with Gasteiger partial charge in [-0.05, 0) is 93.1 Å². The number of carbonyl (C=O) groups is 3. The van der Waals surface area contributed by atoms with Gasteiger partial charge in [0.1, 0.15) is 6.29 Å². The number of rotatable bonds is 9. The summed E-state index contributed by atoms with van der Waals surface area (Å²) in [5, 5.41) is 20.7. The van der Waals surface area contributed by atoms with E-state index in [4.69, 9.17) is 17.0 Å². The minimum Gasteiger partial charge on any atom is -0.343 e. The van der Waals surface area contributed by atoms with Crippen LogP contribution in [0.5, 0.6) is 0 Å². The molecule has 198 valence electrons. The average Bonchev–Trinajstić information content (AvgIpc) is 3.34. The third-order valence-corrected chi connectivity index (χ3v) is 7.22. The second kappa shape index (κ2) is 12.2. The highest BCUT2D eigenvalue weighted by molar-refractivity contribution is 6.30. The molecule has 1 heterocycles. The van der Waals surface area contributed by atoms with Crippen LogP contribution in [0.4, 0.5) is 0 Å². The van der Waals surface area contributed by atoms with E-state index in [1.54, 1.807) is 36.1 Å². The third kappa shape index (κ3) is 6.76. The molecule has 0 saturated carbocycles. The zero-order valence-electron chi connectivity index (χ0n) is 22.2. The van der Waals surface area contributed by atoms with E-state index in [2.05, 4.69) is 11.4 Å². The van der Waals surface area contributed by atoms with Crippen LogP contribution in [0.25, 0.3) is 0 Å². The van der Waals surface area contributed by atoms with Gasteiger partial charge in [0.15, 0.2) is 0 Å². The molecular formula is C30H33ClN4O3. The van der Waals surface area contributed by atoms with Crippen molar-refractivity contribution in [1.29, 1.82) is 10.7 Å². The Morgan fingerprint density at radius 1 is 1.24 bits per heavy atom. The molecule has 2 aromatic rings. The number of nitriles is 1. The maximum atomic E-state index is 13.5. The molecule has 2 amide bonds. The first-order valence-corrected chi connectivity index (χ1v) is 12.9. The van der Waals surface area contributed by atoms with Gasteiger partial charge in [0.2, 0.25) is 5.91 Å². The van der Waals surface area contributed by atoms with Crippen LogP contribution in [0, 0.1) is 29.1 Å². The van der Waals surface area contributed by atoms with Crippen LogP contribution in [-0.2, 0) is 16.0 Å². The highest BCUT2D eigenvalue weighted by atomic mass is 35.5. The summed E-state index contributed by atoms with van der Waals surface area (Å²) in [6.45, 7) is 6.91. The van der Waals surface area contributed by atoms with Gasteiger partial charge in [-0.25, -0.2) is 0 Å². The summed E-state index contributed by atoms with van der Waals surface area (Å²) in [7, 11) is 0. The molecule has 0 radical (unpaired) electrons. The maximum absolute atomic E-state index is 13.5. The van der Waals surface area contributed by atoms with Gasteiger partial charge in [-0.3, -0.25) is 14.4 Å². The van der Waals surface area contributed by atoms with Gasteiger partial charge in [0.05, 0.1) is 30.1 Å². The predicted octanol–water partition coefficient (Wildman–Crippen LogP) is 5.37. The van der Waals surface area contributed by atoms with E-state index in [1.165, 1.54) is 6.08 Å². The lowest BCUT2D eigenvalue weighted by atomic mass is 9.84. The summed E-state index contributed by atoms with van der Waals surface area (Å²) in [5.74, 6) is -0.644. The van der Waals surface area contributed by atoms with E-state index >= 15 is 0 Å². The maximum Gasteiger partial charge on any atom is 0.251 e. The second-order valence-corrected chi connectivity index (χ2v) is 10.8. The minimum atomic E-state index is -0.759. The summed E-state index contributed by atoms with van der Waals surface area (Å²) in [6, 6.07) is 14.4. The number of benzene rings is 2. The van der Waals surface area contributed by atoms with Gasteiger partial charge >= 0.3 is 0 Å². The number of nitrogens with one attached hydrogen (secondary N) is 2. The zero-order valence-corrected chi connectivity index (χ0v) is 22.9. The largest absolute Gasteiger partial charge is 0.343 e. The predicted molar refractivity (Wildman–Crippen MR) is 148 cm³/mol. The molecule has 38 heavy (non-hydrogen) atoms. The molecule has 1 aliphatic rings. The van der Waals surface area contributed by atoms with Crippen molar-refractivity contribution < 1.29 is 14.4 Å². The second-order valence-electron chi connectivity index (χ2n) is 10.3. The Bertz CT molecular complexity index is 1330. The van der Waals surface area contributed by atoms with E-state index in [0.29, 0.717) is 41.1 Å². The van der Waals surface area contributed by atoms with Gasteiger partial charge in [-0.1, -0.05) is 29.8 Å². The lowest BCUT2D eigenvalue weighted by Crippen LogP contribution is -2.48. The van der Waals surface area contributed by atoms with Crippen molar-refractivity contribution in [3.8, 4) is 6.07 Å². The molecule has 1 fully saturated rings. The van der Waals surface area contributed by atoms with E-state index in [1.807, 2.05) is 39.0 Å². The highest BCUT2D eigenvalue weighted by Crippen LogP contribution is 2.43. The number of amides is 2. The molecule has 0 bridgehead atoms. The Labute approximate surface area is 229 Å². The summed E-state index contributed by atoms with van der Waals surface area (Å²) in [6.07, 6.45) is 3.99. The van der Waals surface area contributed by atoms with E-state index < -0.39 is 5.41 Å². The Balaban J connectivity index is 1.76. The molecule has 2 unspecified atom stereocenters. The molecule has 8 heteroatoms. The zero-order chi connectivity index (χ0) is 28.0. The number of aldehydes is 1. The molecule has 0 aromatic heterocycles. The van der Waals surface area contributed by atoms with Gasteiger partial charge in [0, 0.05) is 22.7 Å². The average molecular weight is 533 g/mol. The SMILES string of the molecule is CC(=N)/C=C(\C=O)Cc1ccc(C(=O)NCC(=O)N2C(c3cccc(Cl)c3)CCC2C(C)(C)C#N)cc1C. The van der Waals surface area contributed by atoms with E-state index in [0.717, 1.165) is 23.0 Å². The van der Waals surface area contributed by atoms with Crippen LogP contribution in [0.15, 0.2) is 54.1 Å².